The van der Waals surface area contributed by atoms with Crippen LogP contribution in [0.25, 0.3) is 0 Å². The minimum atomic E-state index is -0.263. The van der Waals surface area contributed by atoms with Crippen molar-refractivity contribution >= 4 is 6.29 Å². The molecule has 0 aliphatic carbocycles. The van der Waals surface area contributed by atoms with Gasteiger partial charge in [-0.2, -0.15) is 0 Å². The van der Waals surface area contributed by atoms with Crippen LogP contribution < -0.4 is 10.1 Å². The summed E-state index contributed by atoms with van der Waals surface area (Å²) < 4.78 is 19.3. The summed E-state index contributed by atoms with van der Waals surface area (Å²) in [5.41, 5.74) is 1.89. The van der Waals surface area contributed by atoms with Crippen molar-refractivity contribution in [3.63, 3.8) is 0 Å². The van der Waals surface area contributed by atoms with Gasteiger partial charge in [-0.1, -0.05) is 30.3 Å². The SMILES string of the molecule is COc1ccc(F)cc1C1CNCCN1CCC(C=O)c1ccccc1. The third-order valence-corrected chi connectivity index (χ3v) is 5.02. The summed E-state index contributed by atoms with van der Waals surface area (Å²) in [4.78, 5) is 13.9. The number of hydrogen-bond acceptors (Lipinski definition) is 4. The van der Waals surface area contributed by atoms with E-state index >= 15 is 0 Å². The van der Waals surface area contributed by atoms with Crippen molar-refractivity contribution in [2.75, 3.05) is 33.3 Å². The zero-order valence-corrected chi connectivity index (χ0v) is 15.0. The normalized spacial score (nSPS) is 19.1. The van der Waals surface area contributed by atoms with Crippen LogP contribution in [0.2, 0.25) is 0 Å². The van der Waals surface area contributed by atoms with Gasteiger partial charge in [-0.3, -0.25) is 4.90 Å². The van der Waals surface area contributed by atoms with Gasteiger partial charge in [-0.05, 0) is 36.7 Å². The molecule has 1 heterocycles. The van der Waals surface area contributed by atoms with E-state index < -0.39 is 0 Å². The zero-order valence-electron chi connectivity index (χ0n) is 15.0. The van der Waals surface area contributed by atoms with Crippen LogP contribution in [0.4, 0.5) is 4.39 Å². The highest BCUT2D eigenvalue weighted by Crippen LogP contribution is 2.32. The number of halogens is 1. The second-order valence-electron chi connectivity index (χ2n) is 6.58. The first-order valence-electron chi connectivity index (χ1n) is 9.01. The minimum absolute atomic E-state index is 0.0254. The summed E-state index contributed by atoms with van der Waals surface area (Å²) >= 11 is 0. The van der Waals surface area contributed by atoms with Crippen LogP contribution >= 0.6 is 0 Å². The largest absolute Gasteiger partial charge is 0.496 e. The molecule has 3 rings (SSSR count). The lowest BCUT2D eigenvalue weighted by atomic mass is 9.95. The van der Waals surface area contributed by atoms with Gasteiger partial charge in [-0.15, -0.1) is 0 Å². The molecule has 138 valence electrons. The summed E-state index contributed by atoms with van der Waals surface area (Å²) in [5.74, 6) is 0.308. The molecule has 2 aromatic rings. The van der Waals surface area contributed by atoms with Crippen molar-refractivity contribution in [2.24, 2.45) is 0 Å². The predicted molar refractivity (Wildman–Crippen MR) is 100.0 cm³/mol. The molecule has 4 nitrogen and oxygen atoms in total. The van der Waals surface area contributed by atoms with E-state index in [0.717, 1.165) is 50.0 Å². The molecular formula is C21H25FN2O2. The molecule has 0 amide bonds. The molecule has 1 aliphatic heterocycles. The fourth-order valence-corrected chi connectivity index (χ4v) is 3.60. The molecule has 1 N–H and O–H groups in total. The maximum absolute atomic E-state index is 13.8. The van der Waals surface area contributed by atoms with E-state index in [1.165, 1.54) is 6.07 Å². The van der Waals surface area contributed by atoms with E-state index in [2.05, 4.69) is 10.2 Å². The van der Waals surface area contributed by atoms with E-state index in [-0.39, 0.29) is 17.8 Å². The number of carbonyl (C=O) groups is 1. The average Bonchev–Trinajstić information content (AvgIpc) is 2.69. The van der Waals surface area contributed by atoms with E-state index in [0.29, 0.717) is 5.75 Å². The van der Waals surface area contributed by atoms with Crippen molar-refractivity contribution in [3.05, 3.63) is 65.5 Å². The number of benzene rings is 2. The van der Waals surface area contributed by atoms with E-state index in [4.69, 9.17) is 4.74 Å². The Hall–Kier alpha value is -2.24. The Labute approximate surface area is 154 Å². The monoisotopic (exact) mass is 356 g/mol. The molecule has 1 aliphatic rings. The maximum atomic E-state index is 13.8. The Morgan fingerprint density at radius 3 is 2.85 bits per heavy atom. The smallest absolute Gasteiger partial charge is 0.127 e. The first-order valence-corrected chi connectivity index (χ1v) is 9.01. The van der Waals surface area contributed by atoms with Gasteiger partial charge in [0.05, 0.1) is 13.2 Å². The van der Waals surface area contributed by atoms with Gasteiger partial charge in [0, 0.05) is 31.1 Å². The van der Waals surface area contributed by atoms with Gasteiger partial charge in [-0.25, -0.2) is 4.39 Å². The molecular weight excluding hydrogens is 331 g/mol. The lowest BCUT2D eigenvalue weighted by Gasteiger charge is -2.37. The number of nitrogens with one attached hydrogen (secondary N) is 1. The van der Waals surface area contributed by atoms with Crippen LogP contribution in [0.3, 0.4) is 0 Å². The van der Waals surface area contributed by atoms with Crippen LogP contribution in [-0.2, 0) is 4.79 Å². The molecule has 2 aromatic carbocycles. The lowest BCUT2D eigenvalue weighted by molar-refractivity contribution is -0.109. The van der Waals surface area contributed by atoms with Gasteiger partial charge in [0.25, 0.3) is 0 Å². The van der Waals surface area contributed by atoms with Crippen LogP contribution in [-0.4, -0.2) is 44.5 Å². The predicted octanol–water partition coefficient (Wildman–Crippen LogP) is 3.15. The number of ether oxygens (including phenoxy) is 1. The molecule has 0 saturated carbocycles. The number of methoxy groups -OCH3 is 1. The number of piperazine rings is 1. The molecule has 0 spiro atoms. The van der Waals surface area contributed by atoms with Gasteiger partial charge in [0.1, 0.15) is 17.9 Å². The molecule has 0 bridgehead atoms. The van der Waals surface area contributed by atoms with Crippen LogP contribution in [0, 0.1) is 5.82 Å². The number of nitrogens with zero attached hydrogens (tertiary/aromatic N) is 1. The molecule has 0 radical (unpaired) electrons. The molecule has 1 fully saturated rings. The Morgan fingerprint density at radius 2 is 2.12 bits per heavy atom. The van der Waals surface area contributed by atoms with Crippen LogP contribution in [0.1, 0.15) is 29.5 Å². The molecule has 26 heavy (non-hydrogen) atoms. The summed E-state index contributed by atoms with van der Waals surface area (Å²) in [5, 5.41) is 3.38. The highest BCUT2D eigenvalue weighted by molar-refractivity contribution is 5.62. The van der Waals surface area contributed by atoms with Crippen molar-refractivity contribution in [1.82, 2.24) is 10.2 Å². The standard InChI is InChI=1S/C21H25FN2O2/c1-26-21-8-7-18(22)13-19(21)20-14-23-10-12-24(20)11-9-17(15-25)16-5-3-2-4-6-16/h2-8,13,15,17,20,23H,9-12,14H2,1H3. The zero-order chi connectivity index (χ0) is 18.4. The third-order valence-electron chi connectivity index (χ3n) is 5.02. The second kappa shape index (κ2) is 8.92. The van der Waals surface area contributed by atoms with Crippen molar-refractivity contribution < 1.29 is 13.9 Å². The molecule has 1 saturated heterocycles. The number of carbonyl (C=O) groups excluding carboxylic acids is 1. The Morgan fingerprint density at radius 1 is 1.31 bits per heavy atom. The second-order valence-corrected chi connectivity index (χ2v) is 6.58. The highest BCUT2D eigenvalue weighted by atomic mass is 19.1. The third kappa shape index (κ3) is 4.29. The maximum Gasteiger partial charge on any atom is 0.127 e. The van der Waals surface area contributed by atoms with Gasteiger partial charge >= 0.3 is 0 Å². The Bertz CT molecular complexity index is 723. The number of rotatable bonds is 7. The van der Waals surface area contributed by atoms with Gasteiger partial charge < -0.3 is 14.8 Å². The number of hydrogen-bond donors (Lipinski definition) is 1. The van der Waals surface area contributed by atoms with Crippen LogP contribution in [0.5, 0.6) is 5.75 Å². The summed E-state index contributed by atoms with van der Waals surface area (Å²) in [6, 6.07) is 14.5. The first-order chi connectivity index (χ1) is 12.7. The summed E-state index contributed by atoms with van der Waals surface area (Å²) in [6.07, 6.45) is 1.76. The Balaban J connectivity index is 1.75. The average molecular weight is 356 g/mol. The molecule has 2 unspecified atom stereocenters. The van der Waals surface area contributed by atoms with Crippen molar-refractivity contribution in [2.45, 2.75) is 18.4 Å². The molecule has 5 heteroatoms. The highest BCUT2D eigenvalue weighted by Gasteiger charge is 2.27. The summed E-state index contributed by atoms with van der Waals surface area (Å²) in [6.45, 7) is 3.23. The van der Waals surface area contributed by atoms with E-state index in [9.17, 15) is 9.18 Å². The molecule has 2 atom stereocenters. The summed E-state index contributed by atoms with van der Waals surface area (Å²) in [7, 11) is 1.61. The fraction of sp³-hybridized carbons (Fsp3) is 0.381. The lowest BCUT2D eigenvalue weighted by Crippen LogP contribution is -2.46. The first kappa shape index (κ1) is 18.5. The Kier molecular flexibility index (Phi) is 6.36. The van der Waals surface area contributed by atoms with E-state index in [1.807, 2.05) is 30.3 Å². The molecule has 0 aromatic heterocycles. The van der Waals surface area contributed by atoms with Crippen LogP contribution in [0.15, 0.2) is 48.5 Å². The van der Waals surface area contributed by atoms with Crippen molar-refractivity contribution in [3.8, 4) is 5.75 Å². The van der Waals surface area contributed by atoms with Gasteiger partial charge in [0.2, 0.25) is 0 Å². The van der Waals surface area contributed by atoms with Gasteiger partial charge in [0.15, 0.2) is 0 Å². The quantitative estimate of drug-likeness (QED) is 0.774. The topological polar surface area (TPSA) is 41.6 Å². The fourth-order valence-electron chi connectivity index (χ4n) is 3.60. The minimum Gasteiger partial charge on any atom is -0.496 e. The van der Waals surface area contributed by atoms with Crippen molar-refractivity contribution in [1.29, 1.82) is 0 Å². The number of aldehydes is 1. The van der Waals surface area contributed by atoms with E-state index in [1.54, 1.807) is 19.2 Å².